The first-order chi connectivity index (χ1) is 11.6. The monoisotopic (exact) mass is 340 g/mol. The van der Waals surface area contributed by atoms with E-state index in [4.69, 9.17) is 0 Å². The van der Waals surface area contributed by atoms with Gasteiger partial charge in [0.2, 0.25) is 5.91 Å². The van der Waals surface area contributed by atoms with Crippen LogP contribution in [0.25, 0.3) is 0 Å². The zero-order valence-electron chi connectivity index (χ0n) is 13.9. The SMILES string of the molecule is CCCc1ccc(C#N)c(SCCC(=O)Nc2cc(C)ccn2)n1. The molecule has 0 spiro atoms. The average molecular weight is 340 g/mol. The third kappa shape index (κ3) is 5.36. The van der Waals surface area contributed by atoms with E-state index in [0.717, 1.165) is 24.1 Å². The van der Waals surface area contributed by atoms with Crippen LogP contribution in [0.5, 0.6) is 0 Å². The topological polar surface area (TPSA) is 78.7 Å². The molecule has 0 unspecified atom stereocenters. The van der Waals surface area contributed by atoms with E-state index in [0.29, 0.717) is 28.6 Å². The number of amides is 1. The molecule has 0 radical (unpaired) electrons. The molecule has 6 heteroatoms. The van der Waals surface area contributed by atoms with Crippen molar-refractivity contribution in [3.63, 3.8) is 0 Å². The standard InChI is InChI=1S/C18H20N4OS/c1-3-4-15-6-5-14(12-19)18(21-15)24-10-8-17(23)22-16-11-13(2)7-9-20-16/h5-7,9,11H,3-4,8,10H2,1-2H3,(H,20,22,23). The summed E-state index contributed by atoms with van der Waals surface area (Å²) in [6.45, 7) is 4.04. The Kier molecular flexibility index (Phi) is 6.76. The minimum atomic E-state index is -0.0937. The van der Waals surface area contributed by atoms with Gasteiger partial charge in [0.15, 0.2) is 0 Å². The smallest absolute Gasteiger partial charge is 0.226 e. The highest BCUT2D eigenvalue weighted by atomic mass is 32.2. The summed E-state index contributed by atoms with van der Waals surface area (Å²) in [5.41, 5.74) is 2.58. The number of aromatic nitrogens is 2. The Bertz CT molecular complexity index is 755. The van der Waals surface area contributed by atoms with Crippen LogP contribution in [0.3, 0.4) is 0 Å². The maximum Gasteiger partial charge on any atom is 0.226 e. The van der Waals surface area contributed by atoms with E-state index in [9.17, 15) is 10.1 Å². The lowest BCUT2D eigenvalue weighted by Crippen LogP contribution is -2.13. The van der Waals surface area contributed by atoms with Gasteiger partial charge in [-0.1, -0.05) is 13.3 Å². The second kappa shape index (κ2) is 9.04. The predicted octanol–water partition coefficient (Wildman–Crippen LogP) is 3.73. The number of nitrogens with zero attached hydrogens (tertiary/aromatic N) is 3. The molecule has 2 heterocycles. The van der Waals surface area contributed by atoms with Gasteiger partial charge in [-0.3, -0.25) is 4.79 Å². The van der Waals surface area contributed by atoms with Crippen molar-refractivity contribution in [2.45, 2.75) is 38.1 Å². The Balaban J connectivity index is 1.90. The quantitative estimate of drug-likeness (QED) is 0.777. The molecule has 0 saturated heterocycles. The summed E-state index contributed by atoms with van der Waals surface area (Å²) in [6.07, 6.45) is 3.90. The number of pyridine rings is 2. The van der Waals surface area contributed by atoms with Crippen molar-refractivity contribution >= 4 is 23.5 Å². The van der Waals surface area contributed by atoms with Gasteiger partial charge in [-0.05, 0) is 43.2 Å². The van der Waals surface area contributed by atoms with Gasteiger partial charge in [0.1, 0.15) is 16.9 Å². The molecular formula is C18H20N4OS. The molecular weight excluding hydrogens is 320 g/mol. The van der Waals surface area contributed by atoms with Crippen LogP contribution in [-0.4, -0.2) is 21.6 Å². The molecule has 5 nitrogen and oxygen atoms in total. The molecule has 2 aromatic heterocycles. The zero-order chi connectivity index (χ0) is 17.4. The number of hydrogen-bond donors (Lipinski definition) is 1. The van der Waals surface area contributed by atoms with E-state index < -0.39 is 0 Å². The highest BCUT2D eigenvalue weighted by molar-refractivity contribution is 7.99. The number of hydrogen-bond acceptors (Lipinski definition) is 5. The molecule has 0 aliphatic carbocycles. The van der Waals surface area contributed by atoms with Crippen molar-refractivity contribution in [2.75, 3.05) is 11.1 Å². The molecule has 0 aromatic carbocycles. The lowest BCUT2D eigenvalue weighted by molar-refractivity contribution is -0.115. The number of aryl methyl sites for hydroxylation is 2. The highest BCUT2D eigenvalue weighted by Gasteiger charge is 2.09. The second-order valence-electron chi connectivity index (χ2n) is 5.38. The first kappa shape index (κ1) is 18.0. The van der Waals surface area contributed by atoms with Gasteiger partial charge in [-0.2, -0.15) is 5.26 Å². The molecule has 1 amide bonds. The third-order valence-electron chi connectivity index (χ3n) is 3.30. The van der Waals surface area contributed by atoms with Gasteiger partial charge >= 0.3 is 0 Å². The number of nitrogens with one attached hydrogen (secondary N) is 1. The first-order valence-electron chi connectivity index (χ1n) is 7.87. The van der Waals surface area contributed by atoms with E-state index in [2.05, 4.69) is 28.3 Å². The number of rotatable bonds is 7. The van der Waals surface area contributed by atoms with Crippen LogP contribution in [0.2, 0.25) is 0 Å². The summed E-state index contributed by atoms with van der Waals surface area (Å²) in [4.78, 5) is 20.6. The van der Waals surface area contributed by atoms with Gasteiger partial charge < -0.3 is 5.32 Å². The third-order valence-corrected chi connectivity index (χ3v) is 4.29. The van der Waals surface area contributed by atoms with Crippen LogP contribution in [0.4, 0.5) is 5.82 Å². The Morgan fingerprint density at radius 1 is 1.38 bits per heavy atom. The molecule has 124 valence electrons. The fraction of sp³-hybridized carbons (Fsp3) is 0.333. The summed E-state index contributed by atoms with van der Waals surface area (Å²) >= 11 is 1.44. The van der Waals surface area contributed by atoms with Crippen molar-refractivity contribution in [1.82, 2.24) is 9.97 Å². The first-order valence-corrected chi connectivity index (χ1v) is 8.86. The number of carbonyl (C=O) groups is 1. The van der Waals surface area contributed by atoms with Crippen molar-refractivity contribution in [3.8, 4) is 6.07 Å². The van der Waals surface area contributed by atoms with Crippen molar-refractivity contribution in [2.24, 2.45) is 0 Å². The fourth-order valence-electron chi connectivity index (χ4n) is 2.12. The van der Waals surface area contributed by atoms with Crippen LogP contribution in [-0.2, 0) is 11.2 Å². The number of thioether (sulfide) groups is 1. The van der Waals surface area contributed by atoms with E-state index in [1.807, 2.05) is 25.1 Å². The number of nitriles is 1. The Morgan fingerprint density at radius 3 is 2.92 bits per heavy atom. The maximum absolute atomic E-state index is 12.0. The summed E-state index contributed by atoms with van der Waals surface area (Å²) in [7, 11) is 0. The van der Waals surface area contributed by atoms with E-state index in [-0.39, 0.29) is 5.91 Å². The van der Waals surface area contributed by atoms with Crippen LogP contribution in [0, 0.1) is 18.3 Å². The minimum absolute atomic E-state index is 0.0937. The van der Waals surface area contributed by atoms with E-state index >= 15 is 0 Å². The van der Waals surface area contributed by atoms with Crippen LogP contribution in [0.1, 0.15) is 36.6 Å². The van der Waals surface area contributed by atoms with Gasteiger partial charge in [-0.25, -0.2) is 9.97 Å². The molecule has 2 rings (SSSR count). The lowest BCUT2D eigenvalue weighted by atomic mass is 10.2. The Hall–Kier alpha value is -2.39. The second-order valence-corrected chi connectivity index (χ2v) is 6.47. The van der Waals surface area contributed by atoms with E-state index in [1.165, 1.54) is 11.8 Å². The van der Waals surface area contributed by atoms with Crippen molar-refractivity contribution < 1.29 is 4.79 Å². The van der Waals surface area contributed by atoms with Crippen LogP contribution in [0.15, 0.2) is 35.5 Å². The van der Waals surface area contributed by atoms with E-state index in [1.54, 1.807) is 12.3 Å². The number of carbonyl (C=O) groups excluding carboxylic acids is 1. The Labute approximate surface area is 146 Å². The maximum atomic E-state index is 12.0. The zero-order valence-corrected chi connectivity index (χ0v) is 14.7. The molecule has 0 aliphatic rings. The summed E-state index contributed by atoms with van der Waals surface area (Å²) < 4.78 is 0. The molecule has 1 N–H and O–H groups in total. The Morgan fingerprint density at radius 2 is 2.21 bits per heavy atom. The molecule has 24 heavy (non-hydrogen) atoms. The molecule has 0 fully saturated rings. The highest BCUT2D eigenvalue weighted by Crippen LogP contribution is 2.22. The summed E-state index contributed by atoms with van der Waals surface area (Å²) in [6, 6.07) is 9.56. The lowest BCUT2D eigenvalue weighted by Gasteiger charge is -2.07. The number of anilines is 1. The molecule has 0 saturated carbocycles. The molecule has 2 aromatic rings. The molecule has 0 aliphatic heterocycles. The average Bonchev–Trinajstić information content (AvgIpc) is 2.55. The fourth-order valence-corrected chi connectivity index (χ4v) is 3.05. The van der Waals surface area contributed by atoms with Crippen LogP contribution >= 0.6 is 11.8 Å². The van der Waals surface area contributed by atoms with Gasteiger partial charge in [0.05, 0.1) is 5.56 Å². The molecule has 0 atom stereocenters. The predicted molar refractivity (Wildman–Crippen MR) is 95.9 cm³/mol. The van der Waals surface area contributed by atoms with Crippen molar-refractivity contribution in [1.29, 1.82) is 5.26 Å². The normalized spacial score (nSPS) is 10.2. The van der Waals surface area contributed by atoms with Crippen molar-refractivity contribution in [3.05, 3.63) is 47.3 Å². The summed E-state index contributed by atoms with van der Waals surface area (Å²) in [5.74, 6) is 1.03. The summed E-state index contributed by atoms with van der Waals surface area (Å²) in [5, 5.41) is 12.7. The molecule has 0 bridgehead atoms. The van der Waals surface area contributed by atoms with Gasteiger partial charge in [-0.15, -0.1) is 11.8 Å². The van der Waals surface area contributed by atoms with Gasteiger partial charge in [0.25, 0.3) is 0 Å². The van der Waals surface area contributed by atoms with Gasteiger partial charge in [0, 0.05) is 24.1 Å². The largest absolute Gasteiger partial charge is 0.311 e. The van der Waals surface area contributed by atoms with Crippen LogP contribution < -0.4 is 5.32 Å². The minimum Gasteiger partial charge on any atom is -0.311 e.